The summed E-state index contributed by atoms with van der Waals surface area (Å²) in [5.41, 5.74) is 2.14. The van der Waals surface area contributed by atoms with Gasteiger partial charge in [0, 0.05) is 13.0 Å². The fraction of sp³-hybridized carbons (Fsp3) is 0.353. The van der Waals surface area contributed by atoms with Crippen LogP contribution in [0.3, 0.4) is 0 Å². The van der Waals surface area contributed by atoms with Gasteiger partial charge in [0.15, 0.2) is 0 Å². The van der Waals surface area contributed by atoms with E-state index in [1.54, 1.807) is 4.90 Å². The molecule has 1 heterocycles. The lowest BCUT2D eigenvalue weighted by atomic mass is 10.1. The first-order valence-corrected chi connectivity index (χ1v) is 8.74. The molecule has 6 heteroatoms. The van der Waals surface area contributed by atoms with Crippen molar-refractivity contribution in [2.75, 3.05) is 6.54 Å². The van der Waals surface area contributed by atoms with Crippen LogP contribution < -0.4 is 0 Å². The third-order valence-corrected chi connectivity index (χ3v) is 5.00. The van der Waals surface area contributed by atoms with Gasteiger partial charge in [-0.2, -0.15) is 0 Å². The van der Waals surface area contributed by atoms with Gasteiger partial charge >= 0.3 is 5.97 Å². The van der Waals surface area contributed by atoms with Crippen LogP contribution in [0, 0.1) is 6.92 Å². The Labute approximate surface area is 145 Å². The van der Waals surface area contributed by atoms with Crippen LogP contribution in [-0.2, 0) is 9.59 Å². The van der Waals surface area contributed by atoms with Gasteiger partial charge in [-0.3, -0.25) is 14.5 Å². The number of aryl methyl sites for hydroxylation is 1. The second-order valence-corrected chi connectivity index (χ2v) is 7.07. The molecule has 0 atom stereocenters. The molecule has 1 aromatic carbocycles. The number of hydrogen-bond acceptors (Lipinski definition) is 4. The van der Waals surface area contributed by atoms with E-state index in [0.29, 0.717) is 22.2 Å². The quantitative estimate of drug-likeness (QED) is 0.460. The number of thioether (sulfide) groups is 1. The topological polar surface area (TPSA) is 57.6 Å². The standard InChI is InChI=1S/C17H19NO3S2/c1-12-7-4-5-8-13(12)11-14-16(21)18(17(22)23-14)10-6-2-3-9-15(19)20/h4-5,7-8,11H,2-3,6,9-10H2,1H3,(H,19,20). The third-order valence-electron chi connectivity index (χ3n) is 3.62. The van der Waals surface area contributed by atoms with E-state index < -0.39 is 5.97 Å². The number of carbonyl (C=O) groups excluding carboxylic acids is 1. The number of carbonyl (C=O) groups is 2. The molecular formula is C17H19NO3S2. The Morgan fingerprint density at radius 2 is 2.04 bits per heavy atom. The first-order valence-electron chi connectivity index (χ1n) is 7.52. The SMILES string of the molecule is Cc1ccccc1C=C1SC(=S)N(CCCCCC(=O)O)C1=O. The second-order valence-electron chi connectivity index (χ2n) is 5.39. The summed E-state index contributed by atoms with van der Waals surface area (Å²) in [5, 5.41) is 8.61. The van der Waals surface area contributed by atoms with E-state index in [2.05, 4.69) is 0 Å². The summed E-state index contributed by atoms with van der Waals surface area (Å²) in [6, 6.07) is 7.90. The van der Waals surface area contributed by atoms with Crippen LogP contribution in [0.25, 0.3) is 6.08 Å². The van der Waals surface area contributed by atoms with Gasteiger partial charge in [0.25, 0.3) is 5.91 Å². The zero-order valence-corrected chi connectivity index (χ0v) is 14.6. The summed E-state index contributed by atoms with van der Waals surface area (Å²) in [4.78, 5) is 25.2. The van der Waals surface area contributed by atoms with E-state index in [-0.39, 0.29) is 12.3 Å². The summed E-state index contributed by atoms with van der Waals surface area (Å²) in [6.07, 6.45) is 4.23. The van der Waals surface area contributed by atoms with E-state index >= 15 is 0 Å². The van der Waals surface area contributed by atoms with Gasteiger partial charge < -0.3 is 5.11 Å². The fourth-order valence-corrected chi connectivity index (χ4v) is 3.61. The number of hydrogen-bond donors (Lipinski definition) is 1. The Morgan fingerprint density at radius 1 is 1.30 bits per heavy atom. The smallest absolute Gasteiger partial charge is 0.303 e. The maximum Gasteiger partial charge on any atom is 0.303 e. The van der Waals surface area contributed by atoms with Crippen LogP contribution in [0.2, 0.25) is 0 Å². The highest BCUT2D eigenvalue weighted by Crippen LogP contribution is 2.33. The largest absolute Gasteiger partial charge is 0.481 e. The molecule has 0 saturated carbocycles. The van der Waals surface area contributed by atoms with E-state index in [1.807, 2.05) is 37.3 Å². The molecule has 0 unspecified atom stereocenters. The predicted molar refractivity (Wildman–Crippen MR) is 97.2 cm³/mol. The van der Waals surface area contributed by atoms with Crippen molar-refractivity contribution >= 4 is 46.3 Å². The minimum atomic E-state index is -0.781. The molecule has 0 aliphatic carbocycles. The lowest BCUT2D eigenvalue weighted by molar-refractivity contribution is -0.137. The highest BCUT2D eigenvalue weighted by Gasteiger charge is 2.31. The molecule has 1 fully saturated rings. The summed E-state index contributed by atoms with van der Waals surface area (Å²) in [5.74, 6) is -0.835. The number of amides is 1. The maximum absolute atomic E-state index is 12.5. The maximum atomic E-state index is 12.5. The van der Waals surface area contributed by atoms with Crippen molar-refractivity contribution in [2.24, 2.45) is 0 Å². The number of nitrogens with zero attached hydrogens (tertiary/aromatic N) is 1. The summed E-state index contributed by atoms with van der Waals surface area (Å²) < 4.78 is 0.577. The number of benzene rings is 1. The first-order chi connectivity index (χ1) is 11.0. The number of carboxylic acid groups (broad SMARTS) is 1. The van der Waals surface area contributed by atoms with Gasteiger partial charge in [-0.1, -0.05) is 54.7 Å². The normalized spacial score (nSPS) is 16.4. The van der Waals surface area contributed by atoms with Gasteiger partial charge in [-0.25, -0.2) is 0 Å². The Bertz CT molecular complexity index is 655. The van der Waals surface area contributed by atoms with E-state index in [1.165, 1.54) is 11.8 Å². The van der Waals surface area contributed by atoms with Gasteiger partial charge in [-0.05, 0) is 37.0 Å². The molecule has 1 aliphatic rings. The molecule has 1 amide bonds. The Kier molecular flexibility index (Phi) is 6.36. The predicted octanol–water partition coefficient (Wildman–Crippen LogP) is 3.84. The van der Waals surface area contributed by atoms with Crippen molar-refractivity contribution in [3.05, 3.63) is 40.3 Å². The molecule has 23 heavy (non-hydrogen) atoms. The molecule has 122 valence electrons. The fourth-order valence-electron chi connectivity index (χ4n) is 2.31. The molecule has 0 bridgehead atoms. The average Bonchev–Trinajstić information content (AvgIpc) is 2.76. The van der Waals surface area contributed by atoms with Crippen molar-refractivity contribution in [2.45, 2.75) is 32.6 Å². The minimum absolute atomic E-state index is 0.0542. The molecular weight excluding hydrogens is 330 g/mol. The van der Waals surface area contributed by atoms with Crippen molar-refractivity contribution in [1.29, 1.82) is 0 Å². The summed E-state index contributed by atoms with van der Waals surface area (Å²) >= 11 is 6.63. The molecule has 1 N–H and O–H groups in total. The Hall–Kier alpha value is -1.66. The monoisotopic (exact) mass is 349 g/mol. The molecule has 0 radical (unpaired) electrons. The number of rotatable bonds is 7. The first kappa shape index (κ1) is 17.7. The van der Waals surface area contributed by atoms with Crippen LogP contribution in [0.1, 0.15) is 36.8 Å². The van der Waals surface area contributed by atoms with Crippen molar-refractivity contribution < 1.29 is 14.7 Å². The third kappa shape index (κ3) is 4.91. The van der Waals surface area contributed by atoms with Crippen LogP contribution in [-0.4, -0.2) is 32.7 Å². The van der Waals surface area contributed by atoms with Crippen molar-refractivity contribution in [3.63, 3.8) is 0 Å². The second kappa shape index (κ2) is 8.26. The molecule has 4 nitrogen and oxygen atoms in total. The number of thiocarbonyl (C=S) groups is 1. The van der Waals surface area contributed by atoms with Gasteiger partial charge in [0.05, 0.1) is 4.91 Å². The van der Waals surface area contributed by atoms with Gasteiger partial charge in [0.1, 0.15) is 4.32 Å². The van der Waals surface area contributed by atoms with Crippen LogP contribution in [0.4, 0.5) is 0 Å². The molecule has 0 aromatic heterocycles. The van der Waals surface area contributed by atoms with Crippen molar-refractivity contribution in [1.82, 2.24) is 4.90 Å². The average molecular weight is 349 g/mol. The zero-order valence-electron chi connectivity index (χ0n) is 12.9. The van der Waals surface area contributed by atoms with Gasteiger partial charge in [0.2, 0.25) is 0 Å². The molecule has 0 spiro atoms. The lowest BCUT2D eigenvalue weighted by Crippen LogP contribution is -2.29. The number of unbranched alkanes of at least 4 members (excludes halogenated alkanes) is 2. The lowest BCUT2D eigenvalue weighted by Gasteiger charge is -2.13. The van der Waals surface area contributed by atoms with Crippen LogP contribution in [0.5, 0.6) is 0 Å². The molecule has 2 rings (SSSR count). The molecule has 1 saturated heterocycles. The van der Waals surface area contributed by atoms with E-state index in [4.69, 9.17) is 17.3 Å². The van der Waals surface area contributed by atoms with Crippen molar-refractivity contribution in [3.8, 4) is 0 Å². The van der Waals surface area contributed by atoms with E-state index in [9.17, 15) is 9.59 Å². The van der Waals surface area contributed by atoms with Crippen LogP contribution >= 0.6 is 24.0 Å². The number of carboxylic acids is 1. The minimum Gasteiger partial charge on any atom is -0.481 e. The van der Waals surface area contributed by atoms with E-state index in [0.717, 1.165) is 24.0 Å². The summed E-state index contributed by atoms with van der Waals surface area (Å²) in [6.45, 7) is 2.56. The highest BCUT2D eigenvalue weighted by molar-refractivity contribution is 8.26. The summed E-state index contributed by atoms with van der Waals surface area (Å²) in [7, 11) is 0. The number of aliphatic carboxylic acids is 1. The van der Waals surface area contributed by atoms with Crippen LogP contribution in [0.15, 0.2) is 29.2 Å². The Balaban J connectivity index is 1.95. The Morgan fingerprint density at radius 3 is 2.74 bits per heavy atom. The molecule has 1 aromatic rings. The molecule has 1 aliphatic heterocycles. The zero-order chi connectivity index (χ0) is 16.8. The highest BCUT2D eigenvalue weighted by atomic mass is 32.2. The van der Waals surface area contributed by atoms with Gasteiger partial charge in [-0.15, -0.1) is 0 Å².